The van der Waals surface area contributed by atoms with Crippen LogP contribution in [-0.4, -0.2) is 18.2 Å². The third-order valence-electron chi connectivity index (χ3n) is 2.38. The molecule has 0 atom stereocenters. The molecule has 0 aromatic heterocycles. The quantitative estimate of drug-likeness (QED) is 0.671. The van der Waals surface area contributed by atoms with Gasteiger partial charge in [0.15, 0.2) is 6.61 Å². The average Bonchev–Trinajstić information content (AvgIpc) is 2.34. The summed E-state index contributed by atoms with van der Waals surface area (Å²) in [6, 6.07) is 5.64. The molecule has 0 aliphatic rings. The van der Waals surface area contributed by atoms with Crippen molar-refractivity contribution in [3.8, 4) is 5.75 Å². The molecule has 5 heteroatoms. The molecule has 0 saturated carbocycles. The van der Waals surface area contributed by atoms with E-state index < -0.39 is 0 Å². The first-order valence-corrected chi connectivity index (χ1v) is 6.53. The molecular weight excluding hydrogens is 296 g/mol. The molecule has 1 amide bonds. The Bertz CT molecular complexity index is 458. The summed E-state index contributed by atoms with van der Waals surface area (Å²) < 4.78 is 6.40. The number of rotatable bonds is 5. The predicted molar refractivity (Wildman–Crippen MR) is 75.9 cm³/mol. The van der Waals surface area contributed by atoms with E-state index in [0.29, 0.717) is 5.75 Å². The maximum absolute atomic E-state index is 11.5. The maximum atomic E-state index is 11.5. The molecule has 4 nitrogen and oxygen atoms in total. The van der Waals surface area contributed by atoms with Gasteiger partial charge in [-0.2, -0.15) is 5.10 Å². The third-order valence-corrected chi connectivity index (χ3v) is 2.87. The van der Waals surface area contributed by atoms with Gasteiger partial charge in [0, 0.05) is 10.2 Å². The van der Waals surface area contributed by atoms with Crippen LogP contribution in [0.25, 0.3) is 0 Å². The van der Waals surface area contributed by atoms with Crippen molar-refractivity contribution in [3.05, 3.63) is 28.2 Å². The molecule has 18 heavy (non-hydrogen) atoms. The zero-order chi connectivity index (χ0) is 13.5. The molecule has 0 unspecified atom stereocenters. The summed E-state index contributed by atoms with van der Waals surface area (Å²) in [5, 5.41) is 3.92. The van der Waals surface area contributed by atoms with Gasteiger partial charge in [0.1, 0.15) is 5.75 Å². The lowest BCUT2D eigenvalue weighted by Gasteiger charge is -2.08. The highest BCUT2D eigenvalue weighted by atomic mass is 79.9. The van der Waals surface area contributed by atoms with E-state index >= 15 is 0 Å². The van der Waals surface area contributed by atoms with Crippen LogP contribution in [-0.2, 0) is 4.79 Å². The van der Waals surface area contributed by atoms with Crippen LogP contribution in [0.2, 0.25) is 0 Å². The summed E-state index contributed by atoms with van der Waals surface area (Å²) in [6.45, 7) is 5.73. The molecule has 98 valence electrons. The fourth-order valence-electron chi connectivity index (χ4n) is 1.19. The highest BCUT2D eigenvalue weighted by Gasteiger charge is 2.04. The Morgan fingerprint density at radius 3 is 2.83 bits per heavy atom. The van der Waals surface area contributed by atoms with Crippen molar-refractivity contribution in [3.63, 3.8) is 0 Å². The molecule has 0 aliphatic heterocycles. The Morgan fingerprint density at radius 2 is 2.22 bits per heavy atom. The molecule has 0 aliphatic carbocycles. The third kappa shape index (κ3) is 4.87. The van der Waals surface area contributed by atoms with E-state index in [1.54, 1.807) is 0 Å². The summed E-state index contributed by atoms with van der Waals surface area (Å²) in [4.78, 5) is 11.5. The van der Waals surface area contributed by atoms with Crippen LogP contribution in [0.5, 0.6) is 5.75 Å². The number of hydrogen-bond donors (Lipinski definition) is 1. The summed E-state index contributed by atoms with van der Waals surface area (Å²) in [7, 11) is 0. The molecule has 1 N–H and O–H groups in total. The van der Waals surface area contributed by atoms with Crippen molar-refractivity contribution in [2.75, 3.05) is 6.61 Å². The van der Waals surface area contributed by atoms with Crippen molar-refractivity contribution in [1.82, 2.24) is 5.43 Å². The molecule has 0 heterocycles. The van der Waals surface area contributed by atoms with Gasteiger partial charge < -0.3 is 4.74 Å². The minimum Gasteiger partial charge on any atom is -0.483 e. The van der Waals surface area contributed by atoms with E-state index in [0.717, 1.165) is 22.2 Å². The molecular formula is C13H17BrN2O2. The number of halogens is 1. The first-order chi connectivity index (χ1) is 8.52. The second kappa shape index (κ2) is 7.16. The smallest absolute Gasteiger partial charge is 0.277 e. The maximum Gasteiger partial charge on any atom is 0.277 e. The Morgan fingerprint density at radius 1 is 1.50 bits per heavy atom. The van der Waals surface area contributed by atoms with Gasteiger partial charge in [-0.05, 0) is 44.0 Å². The molecule has 0 fully saturated rings. The Kier molecular flexibility index (Phi) is 5.85. The van der Waals surface area contributed by atoms with Crippen LogP contribution in [0.4, 0.5) is 0 Å². The fraction of sp³-hybridized carbons (Fsp3) is 0.385. The van der Waals surface area contributed by atoms with Gasteiger partial charge in [-0.25, -0.2) is 5.43 Å². The normalized spacial score (nSPS) is 11.2. The minimum atomic E-state index is -0.259. The van der Waals surface area contributed by atoms with Crippen LogP contribution in [0.15, 0.2) is 27.8 Å². The van der Waals surface area contributed by atoms with E-state index in [-0.39, 0.29) is 12.5 Å². The first-order valence-electron chi connectivity index (χ1n) is 5.74. The number of benzene rings is 1. The van der Waals surface area contributed by atoms with E-state index in [9.17, 15) is 4.79 Å². The van der Waals surface area contributed by atoms with Gasteiger partial charge in [-0.1, -0.05) is 22.9 Å². The summed E-state index contributed by atoms with van der Waals surface area (Å²) >= 11 is 3.37. The topological polar surface area (TPSA) is 50.7 Å². The Hall–Kier alpha value is -1.36. The zero-order valence-corrected chi connectivity index (χ0v) is 12.4. The second-order valence-corrected chi connectivity index (χ2v) is 4.85. The molecule has 1 aromatic rings. The summed E-state index contributed by atoms with van der Waals surface area (Å²) in [5.41, 5.74) is 4.30. The second-order valence-electron chi connectivity index (χ2n) is 3.93. The van der Waals surface area contributed by atoms with Crippen molar-refractivity contribution in [2.45, 2.75) is 27.2 Å². The van der Waals surface area contributed by atoms with Crippen LogP contribution >= 0.6 is 15.9 Å². The van der Waals surface area contributed by atoms with Crippen molar-refractivity contribution < 1.29 is 9.53 Å². The molecule has 0 radical (unpaired) electrons. The molecule has 0 spiro atoms. The largest absolute Gasteiger partial charge is 0.483 e. The minimum absolute atomic E-state index is 0.0387. The number of hydrogen-bond acceptors (Lipinski definition) is 3. The van der Waals surface area contributed by atoms with E-state index in [1.807, 2.05) is 39.0 Å². The van der Waals surface area contributed by atoms with E-state index in [2.05, 4.69) is 26.5 Å². The van der Waals surface area contributed by atoms with Crippen molar-refractivity contribution >= 4 is 27.5 Å². The number of hydrazone groups is 1. The predicted octanol–water partition coefficient (Wildman–Crippen LogP) is 3.04. The zero-order valence-electron chi connectivity index (χ0n) is 10.8. The molecule has 1 rings (SSSR count). The fourth-order valence-corrected chi connectivity index (χ4v) is 1.66. The van der Waals surface area contributed by atoms with Crippen LogP contribution in [0.1, 0.15) is 25.8 Å². The van der Waals surface area contributed by atoms with Crippen molar-refractivity contribution in [1.29, 1.82) is 0 Å². The molecule has 0 saturated heterocycles. The van der Waals surface area contributed by atoms with Gasteiger partial charge in [0.2, 0.25) is 0 Å². The molecule has 0 bridgehead atoms. The number of aryl methyl sites for hydroxylation is 1. The number of amides is 1. The van der Waals surface area contributed by atoms with Crippen LogP contribution in [0, 0.1) is 6.92 Å². The van der Waals surface area contributed by atoms with Gasteiger partial charge >= 0.3 is 0 Å². The Balaban J connectivity index is 2.47. The van der Waals surface area contributed by atoms with Gasteiger partial charge in [0.25, 0.3) is 5.91 Å². The average molecular weight is 313 g/mol. The number of carbonyl (C=O) groups is 1. The lowest BCUT2D eigenvalue weighted by Crippen LogP contribution is -2.25. The monoisotopic (exact) mass is 312 g/mol. The number of carbonyl (C=O) groups excluding carboxylic acids is 1. The highest BCUT2D eigenvalue weighted by Crippen LogP contribution is 2.21. The highest BCUT2D eigenvalue weighted by molar-refractivity contribution is 9.10. The van der Waals surface area contributed by atoms with Gasteiger partial charge in [-0.3, -0.25) is 4.79 Å². The number of ether oxygens (including phenoxy) is 1. The van der Waals surface area contributed by atoms with Gasteiger partial charge in [-0.15, -0.1) is 0 Å². The number of nitrogens with one attached hydrogen (secondary N) is 1. The number of nitrogens with zero attached hydrogens (tertiary/aromatic N) is 1. The van der Waals surface area contributed by atoms with Crippen LogP contribution < -0.4 is 10.2 Å². The standard InChI is InChI=1S/C13H17BrN2O2/c1-4-10(3)15-16-13(17)8-18-12-6-5-11(14)7-9(12)2/h5-7H,4,8H2,1-3H3,(H,16,17)/b15-10-. The van der Waals surface area contributed by atoms with E-state index in [4.69, 9.17) is 4.74 Å². The Labute approximate surface area is 116 Å². The summed E-state index contributed by atoms with van der Waals surface area (Å²) in [5.74, 6) is 0.440. The van der Waals surface area contributed by atoms with Crippen molar-refractivity contribution in [2.24, 2.45) is 5.10 Å². The lowest BCUT2D eigenvalue weighted by atomic mass is 10.2. The first kappa shape index (κ1) is 14.7. The summed E-state index contributed by atoms with van der Waals surface area (Å²) in [6.07, 6.45) is 0.812. The van der Waals surface area contributed by atoms with Gasteiger partial charge in [0.05, 0.1) is 0 Å². The lowest BCUT2D eigenvalue weighted by molar-refractivity contribution is -0.123. The SMILES string of the molecule is CC/C(C)=N\NC(=O)COc1ccc(Br)cc1C. The molecule has 1 aromatic carbocycles. The van der Waals surface area contributed by atoms with E-state index in [1.165, 1.54) is 0 Å². The van der Waals surface area contributed by atoms with Crippen LogP contribution in [0.3, 0.4) is 0 Å².